The summed E-state index contributed by atoms with van der Waals surface area (Å²) in [6, 6.07) is 15.8. The molecule has 0 saturated carbocycles. The number of halogens is 1. The molecule has 29 heavy (non-hydrogen) atoms. The van der Waals surface area contributed by atoms with E-state index in [2.05, 4.69) is 52.9 Å². The Labute approximate surface area is 177 Å². The number of piperidine rings is 1. The summed E-state index contributed by atoms with van der Waals surface area (Å²) in [6.45, 7) is 9.28. The van der Waals surface area contributed by atoms with Gasteiger partial charge in [0.15, 0.2) is 0 Å². The van der Waals surface area contributed by atoms with E-state index in [0.717, 1.165) is 43.9 Å². The van der Waals surface area contributed by atoms with Gasteiger partial charge >= 0.3 is 0 Å². The molecule has 0 aromatic heterocycles. The Bertz CT molecular complexity index is 848. The molecule has 0 radical (unpaired) electrons. The van der Waals surface area contributed by atoms with Gasteiger partial charge in [0.05, 0.1) is 17.3 Å². The van der Waals surface area contributed by atoms with Crippen LogP contribution in [-0.2, 0) is 6.54 Å². The summed E-state index contributed by atoms with van der Waals surface area (Å²) in [5.41, 5.74) is 2.25. The number of likely N-dealkylation sites (tertiary alicyclic amines) is 1. The quantitative estimate of drug-likeness (QED) is 0.693. The molecule has 1 spiro atoms. The maximum absolute atomic E-state index is 13.8. The van der Waals surface area contributed by atoms with Gasteiger partial charge in [-0.05, 0) is 69.5 Å². The van der Waals surface area contributed by atoms with Crippen molar-refractivity contribution in [2.45, 2.75) is 57.8 Å². The van der Waals surface area contributed by atoms with Gasteiger partial charge in [-0.2, -0.15) is 0 Å². The molecule has 2 fully saturated rings. The van der Waals surface area contributed by atoms with Gasteiger partial charge in [0.2, 0.25) is 0 Å². The van der Waals surface area contributed by atoms with Crippen molar-refractivity contribution >= 4 is 17.8 Å². The lowest BCUT2D eigenvalue weighted by Crippen LogP contribution is -2.56. The maximum Gasteiger partial charge on any atom is 0.125 e. The molecule has 2 aliphatic rings. The van der Waals surface area contributed by atoms with Crippen molar-refractivity contribution < 1.29 is 9.13 Å². The summed E-state index contributed by atoms with van der Waals surface area (Å²) in [5.74, 6) is 0.756. The van der Waals surface area contributed by atoms with Crippen molar-refractivity contribution in [3.8, 4) is 5.75 Å². The Morgan fingerprint density at radius 2 is 2.07 bits per heavy atom. The minimum atomic E-state index is -0.181. The highest BCUT2D eigenvalue weighted by Crippen LogP contribution is 2.43. The van der Waals surface area contributed by atoms with Gasteiger partial charge < -0.3 is 4.74 Å². The van der Waals surface area contributed by atoms with Crippen LogP contribution in [0.3, 0.4) is 0 Å². The normalized spacial score (nSPS) is 25.1. The van der Waals surface area contributed by atoms with Gasteiger partial charge in [0.1, 0.15) is 11.6 Å². The average molecular weight is 416 g/mol. The van der Waals surface area contributed by atoms with E-state index in [1.165, 1.54) is 11.6 Å². The molecule has 2 saturated heterocycles. The molecule has 6 heteroatoms. The van der Waals surface area contributed by atoms with E-state index in [9.17, 15) is 4.39 Å². The summed E-state index contributed by atoms with van der Waals surface area (Å²) in [5, 5.41) is 0. The van der Waals surface area contributed by atoms with Gasteiger partial charge in [0, 0.05) is 37.8 Å². The fourth-order valence-electron chi connectivity index (χ4n) is 4.49. The highest BCUT2D eigenvalue weighted by atomic mass is 32.2. The average Bonchev–Trinajstić information content (AvgIpc) is 3.07. The Hall–Kier alpha value is -1.76. The highest BCUT2D eigenvalue weighted by molar-refractivity contribution is 7.99. The molecule has 0 aliphatic carbocycles. The zero-order valence-electron chi connectivity index (χ0n) is 17.4. The van der Waals surface area contributed by atoms with Crippen LogP contribution in [-0.4, -0.2) is 35.7 Å². The summed E-state index contributed by atoms with van der Waals surface area (Å²) >= 11 is 1.61. The third-order valence-corrected chi connectivity index (χ3v) is 6.90. The number of hydrogen-bond acceptors (Lipinski definition) is 5. The fraction of sp³-hybridized carbons (Fsp3) is 0.478. The molecule has 0 bridgehead atoms. The van der Waals surface area contributed by atoms with Crippen LogP contribution in [0.2, 0.25) is 0 Å². The minimum absolute atomic E-state index is 0.0248. The lowest BCUT2D eigenvalue weighted by Gasteiger charge is -2.47. The van der Waals surface area contributed by atoms with Gasteiger partial charge in [-0.25, -0.2) is 9.11 Å². The van der Waals surface area contributed by atoms with E-state index in [1.54, 1.807) is 24.3 Å². The predicted octanol–water partition coefficient (Wildman–Crippen LogP) is 5.01. The van der Waals surface area contributed by atoms with Crippen LogP contribution in [0.15, 0.2) is 48.5 Å². The van der Waals surface area contributed by atoms with Crippen molar-refractivity contribution in [3.05, 3.63) is 59.9 Å². The molecule has 4 nitrogen and oxygen atoms in total. The first-order valence-corrected chi connectivity index (χ1v) is 11.2. The molecular weight excluding hydrogens is 385 g/mol. The number of nitrogens with one attached hydrogen (secondary N) is 1. The standard InChI is InChI=1S/C23H30FN3OS/c1-17(2)28-22-9-4-6-19(12-22)15-26-11-10-23(14-18(26)3)16-25-29-27(23)21-8-5-7-20(24)13-21/h4-9,12-13,17-18,25H,10-11,14-16H2,1-3H3/t18-,23-/m0/s1. The van der Waals surface area contributed by atoms with Crippen molar-refractivity contribution in [1.29, 1.82) is 0 Å². The van der Waals surface area contributed by atoms with Crippen LogP contribution in [0.1, 0.15) is 39.2 Å². The van der Waals surface area contributed by atoms with Crippen LogP contribution in [0.5, 0.6) is 5.75 Å². The topological polar surface area (TPSA) is 27.7 Å². The number of nitrogens with zero attached hydrogens (tertiary/aromatic N) is 2. The second kappa shape index (κ2) is 8.54. The minimum Gasteiger partial charge on any atom is -0.491 e. The maximum atomic E-state index is 13.8. The third kappa shape index (κ3) is 4.55. The smallest absolute Gasteiger partial charge is 0.125 e. The predicted molar refractivity (Wildman–Crippen MR) is 119 cm³/mol. The third-order valence-electron chi connectivity index (χ3n) is 5.85. The highest BCUT2D eigenvalue weighted by Gasteiger charge is 2.46. The molecule has 0 amide bonds. The molecule has 2 atom stereocenters. The summed E-state index contributed by atoms with van der Waals surface area (Å²) in [4.78, 5) is 2.55. The Morgan fingerprint density at radius 1 is 1.24 bits per heavy atom. The van der Waals surface area contributed by atoms with Crippen LogP contribution in [0, 0.1) is 5.82 Å². The number of anilines is 1. The summed E-state index contributed by atoms with van der Waals surface area (Å²) in [7, 11) is 0. The summed E-state index contributed by atoms with van der Waals surface area (Å²) < 4.78 is 25.4. The van der Waals surface area contributed by atoms with Gasteiger partial charge in [-0.3, -0.25) is 9.21 Å². The van der Waals surface area contributed by atoms with Crippen LogP contribution in [0.25, 0.3) is 0 Å². The Kier molecular flexibility index (Phi) is 6.04. The van der Waals surface area contributed by atoms with Gasteiger partial charge in [0.25, 0.3) is 0 Å². The zero-order valence-corrected chi connectivity index (χ0v) is 18.2. The molecule has 2 aromatic rings. The Morgan fingerprint density at radius 3 is 2.83 bits per heavy atom. The molecular formula is C23H30FN3OS. The van der Waals surface area contributed by atoms with Crippen molar-refractivity contribution in [3.63, 3.8) is 0 Å². The molecule has 2 heterocycles. The SMILES string of the molecule is CC(C)Oc1cccc(CN2CC[C@@]3(CNSN3c3cccc(F)c3)C[C@@H]2C)c1. The zero-order chi connectivity index (χ0) is 20.4. The summed E-state index contributed by atoms with van der Waals surface area (Å²) in [6.07, 6.45) is 2.28. The Balaban J connectivity index is 1.45. The number of benzene rings is 2. The second-order valence-corrected chi connectivity index (χ2v) is 9.34. The van der Waals surface area contributed by atoms with Gasteiger partial charge in [-0.15, -0.1) is 0 Å². The van der Waals surface area contributed by atoms with Gasteiger partial charge in [-0.1, -0.05) is 18.2 Å². The first kappa shape index (κ1) is 20.5. The van der Waals surface area contributed by atoms with Crippen LogP contribution < -0.4 is 13.8 Å². The molecule has 0 unspecified atom stereocenters. The van der Waals surface area contributed by atoms with E-state index >= 15 is 0 Å². The molecule has 4 rings (SSSR count). The largest absolute Gasteiger partial charge is 0.491 e. The lowest BCUT2D eigenvalue weighted by atomic mass is 9.83. The molecule has 2 aromatic carbocycles. The molecule has 1 N–H and O–H groups in total. The molecule has 156 valence electrons. The fourth-order valence-corrected chi connectivity index (χ4v) is 5.59. The first-order valence-electron chi connectivity index (χ1n) is 10.4. The van der Waals surface area contributed by atoms with E-state index < -0.39 is 0 Å². The van der Waals surface area contributed by atoms with Crippen molar-refractivity contribution in [1.82, 2.24) is 9.62 Å². The molecule has 2 aliphatic heterocycles. The second-order valence-electron chi connectivity index (χ2n) is 8.50. The number of rotatable bonds is 5. The number of hydrogen-bond donors (Lipinski definition) is 1. The van der Waals surface area contributed by atoms with E-state index in [0.29, 0.717) is 6.04 Å². The van der Waals surface area contributed by atoms with E-state index in [1.807, 2.05) is 12.1 Å². The van der Waals surface area contributed by atoms with Crippen LogP contribution in [0.4, 0.5) is 10.1 Å². The monoisotopic (exact) mass is 415 g/mol. The van der Waals surface area contributed by atoms with Crippen molar-refractivity contribution in [2.75, 3.05) is 17.4 Å². The van der Waals surface area contributed by atoms with E-state index in [4.69, 9.17) is 4.74 Å². The van der Waals surface area contributed by atoms with E-state index in [-0.39, 0.29) is 17.5 Å². The first-order chi connectivity index (χ1) is 13.9. The van der Waals surface area contributed by atoms with Crippen LogP contribution >= 0.6 is 12.1 Å². The number of ether oxygens (including phenoxy) is 1. The lowest BCUT2D eigenvalue weighted by molar-refractivity contribution is 0.106. The van der Waals surface area contributed by atoms with Crippen molar-refractivity contribution in [2.24, 2.45) is 0 Å².